The molecule has 62 valence electrons. The van der Waals surface area contributed by atoms with E-state index in [2.05, 4.69) is 27.7 Å². The van der Waals surface area contributed by atoms with E-state index in [1.807, 2.05) is 6.07 Å². The maximum Gasteiger partial charge on any atom is 0.112 e. The minimum atomic E-state index is 0.188. The van der Waals surface area contributed by atoms with Crippen molar-refractivity contribution in [2.75, 3.05) is 0 Å². The molecule has 1 aromatic rings. The molecule has 0 aromatic carbocycles. The molecule has 1 rings (SSSR count). The van der Waals surface area contributed by atoms with Crippen LogP contribution in [-0.2, 0) is 5.41 Å². The highest BCUT2D eigenvalue weighted by Crippen LogP contribution is 2.29. The van der Waals surface area contributed by atoms with E-state index in [4.69, 9.17) is 4.42 Å². The first-order valence-electron chi connectivity index (χ1n) is 4.12. The number of aryl methyl sites for hydroxylation is 1. The summed E-state index contributed by atoms with van der Waals surface area (Å²) in [6, 6.07) is 2.02. The molecule has 0 unspecified atom stereocenters. The van der Waals surface area contributed by atoms with E-state index in [-0.39, 0.29) is 5.41 Å². The summed E-state index contributed by atoms with van der Waals surface area (Å²) in [5.74, 6) is 1.13. The van der Waals surface area contributed by atoms with Crippen molar-refractivity contribution < 1.29 is 4.42 Å². The van der Waals surface area contributed by atoms with Crippen molar-refractivity contribution in [1.29, 1.82) is 0 Å². The Kier molecular flexibility index (Phi) is 2.08. The van der Waals surface area contributed by atoms with Gasteiger partial charge in [-0.05, 0) is 25.0 Å². The molecule has 0 saturated heterocycles. The molecular weight excluding hydrogens is 136 g/mol. The number of rotatable bonds is 2. The zero-order chi connectivity index (χ0) is 8.48. The third-order valence-corrected chi connectivity index (χ3v) is 2.36. The van der Waals surface area contributed by atoms with Crippen LogP contribution in [0, 0.1) is 6.92 Å². The predicted octanol–water partition coefficient (Wildman–Crippen LogP) is 3.28. The largest absolute Gasteiger partial charge is 0.469 e. The lowest BCUT2D eigenvalue weighted by atomic mass is 9.86. The van der Waals surface area contributed by atoms with Crippen LogP contribution in [0.2, 0.25) is 0 Å². The number of hydrogen-bond donors (Lipinski definition) is 0. The summed E-state index contributed by atoms with van der Waals surface area (Å²) in [4.78, 5) is 0. The summed E-state index contributed by atoms with van der Waals surface area (Å²) in [5, 5.41) is 0. The molecule has 0 atom stereocenters. The Morgan fingerprint density at radius 1 is 1.45 bits per heavy atom. The van der Waals surface area contributed by atoms with Crippen molar-refractivity contribution >= 4 is 0 Å². The second-order valence-corrected chi connectivity index (χ2v) is 3.67. The topological polar surface area (TPSA) is 13.1 Å². The fourth-order valence-electron chi connectivity index (χ4n) is 1.23. The van der Waals surface area contributed by atoms with E-state index in [1.54, 1.807) is 6.26 Å². The summed E-state index contributed by atoms with van der Waals surface area (Å²) in [7, 11) is 0. The van der Waals surface area contributed by atoms with Crippen LogP contribution in [0.15, 0.2) is 16.7 Å². The van der Waals surface area contributed by atoms with Crippen molar-refractivity contribution in [2.24, 2.45) is 0 Å². The van der Waals surface area contributed by atoms with Gasteiger partial charge in [0, 0.05) is 5.41 Å². The minimum absolute atomic E-state index is 0.188. The first-order chi connectivity index (χ1) is 5.08. The van der Waals surface area contributed by atoms with E-state index in [1.165, 1.54) is 5.56 Å². The Balaban J connectivity index is 3.00. The summed E-state index contributed by atoms with van der Waals surface area (Å²) in [6.07, 6.45) is 2.88. The second-order valence-electron chi connectivity index (χ2n) is 3.67. The Hall–Kier alpha value is -0.720. The van der Waals surface area contributed by atoms with E-state index in [0.29, 0.717) is 0 Å². The van der Waals surface area contributed by atoms with Crippen molar-refractivity contribution in [3.05, 3.63) is 23.7 Å². The van der Waals surface area contributed by atoms with Gasteiger partial charge in [0.1, 0.15) is 5.76 Å². The van der Waals surface area contributed by atoms with Gasteiger partial charge in [0.25, 0.3) is 0 Å². The molecule has 1 heterocycles. The zero-order valence-electron chi connectivity index (χ0n) is 7.77. The fourth-order valence-corrected chi connectivity index (χ4v) is 1.23. The standard InChI is InChI=1S/C10H16O/c1-5-10(3,4)9-8(2)6-7-11-9/h6-7H,5H2,1-4H3. The van der Waals surface area contributed by atoms with Crippen LogP contribution >= 0.6 is 0 Å². The zero-order valence-corrected chi connectivity index (χ0v) is 7.77. The summed E-state index contributed by atoms with van der Waals surface area (Å²) >= 11 is 0. The van der Waals surface area contributed by atoms with Crippen LogP contribution in [0.1, 0.15) is 38.5 Å². The maximum absolute atomic E-state index is 5.42. The average molecular weight is 152 g/mol. The van der Waals surface area contributed by atoms with Crippen LogP contribution in [0.5, 0.6) is 0 Å². The quantitative estimate of drug-likeness (QED) is 0.634. The third kappa shape index (κ3) is 1.47. The molecule has 11 heavy (non-hydrogen) atoms. The number of furan rings is 1. The van der Waals surface area contributed by atoms with E-state index < -0.39 is 0 Å². The van der Waals surface area contributed by atoms with Gasteiger partial charge in [0.15, 0.2) is 0 Å². The molecule has 0 N–H and O–H groups in total. The molecule has 1 nitrogen and oxygen atoms in total. The van der Waals surface area contributed by atoms with Gasteiger partial charge in [-0.25, -0.2) is 0 Å². The van der Waals surface area contributed by atoms with Crippen LogP contribution in [-0.4, -0.2) is 0 Å². The molecule has 0 spiro atoms. The van der Waals surface area contributed by atoms with Gasteiger partial charge in [0.2, 0.25) is 0 Å². The van der Waals surface area contributed by atoms with Crippen LogP contribution in [0.4, 0.5) is 0 Å². The Labute approximate surface area is 68.4 Å². The summed E-state index contributed by atoms with van der Waals surface area (Å²) in [6.45, 7) is 8.69. The monoisotopic (exact) mass is 152 g/mol. The van der Waals surface area contributed by atoms with Crippen molar-refractivity contribution in [3.8, 4) is 0 Å². The highest BCUT2D eigenvalue weighted by molar-refractivity contribution is 5.21. The lowest BCUT2D eigenvalue weighted by molar-refractivity contribution is 0.372. The Bertz CT molecular complexity index is 233. The molecule has 0 fully saturated rings. The van der Waals surface area contributed by atoms with E-state index >= 15 is 0 Å². The smallest absolute Gasteiger partial charge is 0.112 e. The summed E-state index contributed by atoms with van der Waals surface area (Å²) in [5.41, 5.74) is 1.45. The Morgan fingerprint density at radius 2 is 2.09 bits per heavy atom. The minimum Gasteiger partial charge on any atom is -0.469 e. The first kappa shape index (κ1) is 8.38. The van der Waals surface area contributed by atoms with Crippen LogP contribution in [0.25, 0.3) is 0 Å². The Morgan fingerprint density at radius 3 is 2.45 bits per heavy atom. The van der Waals surface area contributed by atoms with Crippen LogP contribution in [0.3, 0.4) is 0 Å². The lowest BCUT2D eigenvalue weighted by Crippen LogP contribution is -2.15. The van der Waals surface area contributed by atoms with Gasteiger partial charge >= 0.3 is 0 Å². The molecule has 0 aliphatic rings. The molecule has 1 aromatic heterocycles. The van der Waals surface area contributed by atoms with Gasteiger partial charge in [-0.2, -0.15) is 0 Å². The van der Waals surface area contributed by atoms with Gasteiger partial charge in [0.05, 0.1) is 6.26 Å². The lowest BCUT2D eigenvalue weighted by Gasteiger charge is -2.20. The van der Waals surface area contributed by atoms with Crippen molar-refractivity contribution in [3.63, 3.8) is 0 Å². The highest BCUT2D eigenvalue weighted by atomic mass is 16.3. The average Bonchev–Trinajstić information content (AvgIpc) is 2.36. The number of hydrogen-bond acceptors (Lipinski definition) is 1. The summed E-state index contributed by atoms with van der Waals surface area (Å²) < 4.78 is 5.42. The van der Waals surface area contributed by atoms with Crippen molar-refractivity contribution in [1.82, 2.24) is 0 Å². The first-order valence-corrected chi connectivity index (χ1v) is 4.12. The van der Waals surface area contributed by atoms with Gasteiger partial charge in [-0.1, -0.05) is 20.8 Å². The van der Waals surface area contributed by atoms with E-state index in [0.717, 1.165) is 12.2 Å². The molecule has 0 aliphatic carbocycles. The molecule has 0 radical (unpaired) electrons. The highest BCUT2D eigenvalue weighted by Gasteiger charge is 2.22. The molecular formula is C10H16O. The molecule has 0 saturated carbocycles. The third-order valence-electron chi connectivity index (χ3n) is 2.36. The van der Waals surface area contributed by atoms with E-state index in [9.17, 15) is 0 Å². The normalized spacial score (nSPS) is 12.0. The van der Waals surface area contributed by atoms with Crippen molar-refractivity contribution in [2.45, 2.75) is 39.5 Å². The molecule has 0 amide bonds. The predicted molar refractivity (Wildman–Crippen MR) is 46.8 cm³/mol. The van der Waals surface area contributed by atoms with Gasteiger partial charge in [-0.15, -0.1) is 0 Å². The SMILES string of the molecule is CCC(C)(C)c1occc1C. The second kappa shape index (κ2) is 2.72. The van der Waals surface area contributed by atoms with Gasteiger partial charge < -0.3 is 4.42 Å². The maximum atomic E-state index is 5.42. The molecule has 0 aliphatic heterocycles. The van der Waals surface area contributed by atoms with Gasteiger partial charge in [-0.3, -0.25) is 0 Å². The fraction of sp³-hybridized carbons (Fsp3) is 0.600. The van der Waals surface area contributed by atoms with Crippen LogP contribution < -0.4 is 0 Å². The molecule has 1 heteroatoms. The molecule has 0 bridgehead atoms.